The first-order valence-electron chi connectivity index (χ1n) is 5.09. The molecule has 0 N–H and O–H groups in total. The summed E-state index contributed by atoms with van der Waals surface area (Å²) in [4.78, 5) is 6.58. The first-order chi connectivity index (χ1) is 7.68. The van der Waals surface area contributed by atoms with Crippen molar-refractivity contribution in [2.24, 2.45) is 0 Å². The van der Waals surface area contributed by atoms with E-state index in [0.29, 0.717) is 5.37 Å². The van der Waals surface area contributed by atoms with Crippen LogP contribution in [0.2, 0.25) is 0 Å². The molecule has 2 aromatic heterocycles. The summed E-state index contributed by atoms with van der Waals surface area (Å²) in [7, 11) is 4.16. The Morgan fingerprint density at radius 1 is 1.50 bits per heavy atom. The topological polar surface area (TPSA) is 21.1 Å². The molecule has 0 aliphatic heterocycles. The van der Waals surface area contributed by atoms with Crippen molar-refractivity contribution >= 4 is 23.1 Å². The van der Waals surface area contributed by atoms with Gasteiger partial charge < -0.3 is 0 Å². The zero-order valence-corrected chi connectivity index (χ0v) is 11.3. The molecule has 0 saturated carbocycles. The van der Waals surface area contributed by atoms with Gasteiger partial charge in [-0.25, -0.2) is 4.98 Å². The van der Waals surface area contributed by atoms with E-state index in [1.54, 1.807) is 23.1 Å². The third kappa shape index (κ3) is 2.48. The number of imidazole rings is 1. The van der Waals surface area contributed by atoms with Crippen molar-refractivity contribution in [1.82, 2.24) is 14.5 Å². The predicted molar refractivity (Wildman–Crippen MR) is 70.4 cm³/mol. The fourth-order valence-corrected chi connectivity index (χ4v) is 2.89. The van der Waals surface area contributed by atoms with E-state index in [9.17, 15) is 0 Å². The normalized spacial score (nSPS) is 13.2. The van der Waals surface area contributed by atoms with E-state index in [1.807, 2.05) is 12.4 Å². The number of thiophene rings is 1. The zero-order chi connectivity index (χ0) is 11.5. The van der Waals surface area contributed by atoms with E-state index in [1.165, 1.54) is 5.00 Å². The molecule has 2 heterocycles. The van der Waals surface area contributed by atoms with E-state index < -0.39 is 0 Å². The lowest BCUT2D eigenvalue weighted by atomic mass is 10.6. The van der Waals surface area contributed by atoms with E-state index in [0.717, 1.165) is 5.16 Å². The summed E-state index contributed by atoms with van der Waals surface area (Å²) in [5.41, 5.74) is 0. The summed E-state index contributed by atoms with van der Waals surface area (Å²) < 4.78 is 2.13. The molecule has 0 amide bonds. The molecular weight excluding hydrogens is 238 g/mol. The Morgan fingerprint density at radius 3 is 2.94 bits per heavy atom. The van der Waals surface area contributed by atoms with Crippen LogP contribution in [0.25, 0.3) is 5.00 Å². The smallest absolute Gasteiger partial charge is 0.174 e. The Hall–Kier alpha value is -0.780. The Kier molecular flexibility index (Phi) is 3.68. The third-order valence-corrected chi connectivity index (χ3v) is 4.50. The Morgan fingerprint density at radius 2 is 2.31 bits per heavy atom. The molecular formula is C11H15N3S2. The molecule has 0 radical (unpaired) electrons. The van der Waals surface area contributed by atoms with Crippen LogP contribution < -0.4 is 0 Å². The second kappa shape index (κ2) is 5.03. The molecule has 0 bridgehead atoms. The number of nitrogens with zero attached hydrogens (tertiary/aromatic N) is 3. The monoisotopic (exact) mass is 253 g/mol. The van der Waals surface area contributed by atoms with Gasteiger partial charge in [0.05, 0.1) is 5.37 Å². The Bertz CT molecular complexity index is 434. The molecule has 0 aromatic carbocycles. The molecule has 0 spiro atoms. The minimum Gasteiger partial charge on any atom is -0.297 e. The summed E-state index contributed by atoms with van der Waals surface area (Å²) >= 11 is 3.49. The maximum absolute atomic E-state index is 4.40. The first kappa shape index (κ1) is 11.7. The van der Waals surface area contributed by atoms with E-state index in [4.69, 9.17) is 0 Å². The van der Waals surface area contributed by atoms with Gasteiger partial charge >= 0.3 is 0 Å². The summed E-state index contributed by atoms with van der Waals surface area (Å²) in [6.07, 6.45) is 3.86. The summed E-state index contributed by atoms with van der Waals surface area (Å²) in [6, 6.07) is 4.17. The molecule has 86 valence electrons. The van der Waals surface area contributed by atoms with Crippen LogP contribution >= 0.6 is 23.1 Å². The quantitative estimate of drug-likeness (QED) is 0.617. The number of rotatable bonds is 4. The highest BCUT2D eigenvalue weighted by atomic mass is 32.2. The molecule has 1 atom stereocenters. The lowest BCUT2D eigenvalue weighted by molar-refractivity contribution is 0.401. The molecule has 5 heteroatoms. The molecule has 2 rings (SSSR count). The van der Waals surface area contributed by atoms with Crippen molar-refractivity contribution in [1.29, 1.82) is 0 Å². The van der Waals surface area contributed by atoms with Crippen LogP contribution in [0, 0.1) is 0 Å². The zero-order valence-electron chi connectivity index (χ0n) is 9.62. The van der Waals surface area contributed by atoms with Crippen LogP contribution in [0.1, 0.15) is 6.92 Å². The minimum atomic E-state index is 0.418. The van der Waals surface area contributed by atoms with Crippen molar-refractivity contribution in [3.63, 3.8) is 0 Å². The van der Waals surface area contributed by atoms with Crippen molar-refractivity contribution < 1.29 is 0 Å². The summed E-state index contributed by atoms with van der Waals surface area (Å²) in [6.45, 7) is 2.18. The maximum atomic E-state index is 4.40. The van der Waals surface area contributed by atoms with Crippen molar-refractivity contribution in [3.05, 3.63) is 29.9 Å². The molecule has 3 nitrogen and oxygen atoms in total. The van der Waals surface area contributed by atoms with Crippen molar-refractivity contribution in [2.45, 2.75) is 17.5 Å². The van der Waals surface area contributed by atoms with Crippen LogP contribution in [-0.4, -0.2) is 33.9 Å². The standard InChI is InChI=1S/C11H15N3S2/c1-9(13(2)3)16-11-12-6-7-14(11)10-5-4-8-15-10/h4-9H,1-3H3. The molecule has 16 heavy (non-hydrogen) atoms. The Labute approximate surface area is 104 Å². The van der Waals surface area contributed by atoms with Crippen molar-refractivity contribution in [3.8, 4) is 5.00 Å². The van der Waals surface area contributed by atoms with Crippen LogP contribution in [0.4, 0.5) is 0 Å². The summed E-state index contributed by atoms with van der Waals surface area (Å²) in [5.74, 6) is 0. The van der Waals surface area contributed by atoms with Gasteiger partial charge in [-0.15, -0.1) is 11.3 Å². The average molecular weight is 253 g/mol. The lowest BCUT2D eigenvalue weighted by Gasteiger charge is -2.18. The second-order valence-corrected chi connectivity index (χ2v) is 5.92. The molecule has 0 saturated heterocycles. The number of thioether (sulfide) groups is 1. The fourth-order valence-electron chi connectivity index (χ4n) is 1.21. The minimum absolute atomic E-state index is 0.418. The van der Waals surface area contributed by atoms with Crippen molar-refractivity contribution in [2.75, 3.05) is 14.1 Å². The maximum Gasteiger partial charge on any atom is 0.174 e. The van der Waals surface area contributed by atoms with Gasteiger partial charge in [-0.05, 0) is 38.5 Å². The average Bonchev–Trinajstić information content (AvgIpc) is 2.85. The van der Waals surface area contributed by atoms with Crippen LogP contribution in [0.15, 0.2) is 35.1 Å². The SMILES string of the molecule is CC(Sc1nccn1-c1cccs1)N(C)C. The predicted octanol–water partition coefficient (Wildman–Crippen LogP) is 2.93. The van der Waals surface area contributed by atoms with E-state index in [2.05, 4.69) is 53.0 Å². The van der Waals surface area contributed by atoms with E-state index >= 15 is 0 Å². The molecule has 1 unspecified atom stereocenters. The highest BCUT2D eigenvalue weighted by Crippen LogP contribution is 2.26. The largest absolute Gasteiger partial charge is 0.297 e. The van der Waals surface area contributed by atoms with E-state index in [-0.39, 0.29) is 0 Å². The van der Waals surface area contributed by atoms with Gasteiger partial charge in [-0.1, -0.05) is 11.8 Å². The number of hydrogen-bond acceptors (Lipinski definition) is 4. The van der Waals surface area contributed by atoms with Gasteiger partial charge in [0.2, 0.25) is 0 Å². The second-order valence-electron chi connectivity index (χ2n) is 3.71. The fraction of sp³-hybridized carbons (Fsp3) is 0.364. The molecule has 0 aliphatic rings. The highest BCUT2D eigenvalue weighted by Gasteiger charge is 2.12. The van der Waals surface area contributed by atoms with Crippen LogP contribution in [0.5, 0.6) is 0 Å². The highest BCUT2D eigenvalue weighted by molar-refractivity contribution is 7.99. The first-order valence-corrected chi connectivity index (χ1v) is 6.84. The Balaban J connectivity index is 2.20. The van der Waals surface area contributed by atoms with Crippen LogP contribution in [0.3, 0.4) is 0 Å². The summed E-state index contributed by atoms with van der Waals surface area (Å²) in [5, 5.41) is 4.76. The lowest BCUT2D eigenvalue weighted by Crippen LogP contribution is -2.21. The van der Waals surface area contributed by atoms with Gasteiger partial charge in [-0.3, -0.25) is 9.47 Å². The number of aromatic nitrogens is 2. The molecule has 0 fully saturated rings. The van der Waals surface area contributed by atoms with Gasteiger partial charge in [-0.2, -0.15) is 0 Å². The molecule has 2 aromatic rings. The number of hydrogen-bond donors (Lipinski definition) is 0. The van der Waals surface area contributed by atoms with Gasteiger partial charge in [0, 0.05) is 12.4 Å². The van der Waals surface area contributed by atoms with Gasteiger partial charge in [0.1, 0.15) is 5.00 Å². The molecule has 0 aliphatic carbocycles. The van der Waals surface area contributed by atoms with Gasteiger partial charge in [0.25, 0.3) is 0 Å². The van der Waals surface area contributed by atoms with Gasteiger partial charge in [0.15, 0.2) is 5.16 Å². The van der Waals surface area contributed by atoms with Crippen LogP contribution in [-0.2, 0) is 0 Å². The third-order valence-electron chi connectivity index (χ3n) is 2.35.